The van der Waals surface area contributed by atoms with Crippen molar-refractivity contribution in [2.75, 3.05) is 11.9 Å². The maximum Gasteiger partial charge on any atom is 0.325 e. The number of hydrogen-bond donors (Lipinski definition) is 1. The Morgan fingerprint density at radius 2 is 1.68 bits per heavy atom. The van der Waals surface area contributed by atoms with E-state index in [1.807, 2.05) is 39.0 Å². The average Bonchev–Trinajstić information content (AvgIpc) is 2.23. The van der Waals surface area contributed by atoms with Crippen LogP contribution in [0.4, 0.5) is 5.69 Å². The van der Waals surface area contributed by atoms with Crippen LogP contribution in [0, 0.1) is 0 Å². The van der Waals surface area contributed by atoms with Gasteiger partial charge < -0.3 is 10.1 Å². The van der Waals surface area contributed by atoms with Gasteiger partial charge >= 0.3 is 5.97 Å². The van der Waals surface area contributed by atoms with Gasteiger partial charge in [0.1, 0.15) is 12.1 Å². The summed E-state index contributed by atoms with van der Waals surface area (Å²) in [6.45, 7) is 12.3. The van der Waals surface area contributed by atoms with Crippen LogP contribution < -0.4 is 5.32 Å². The molecule has 0 spiro atoms. The molecule has 1 rings (SSSR count). The summed E-state index contributed by atoms with van der Waals surface area (Å²) >= 11 is 0. The molecular weight excluding hydrogens is 238 g/mol. The van der Waals surface area contributed by atoms with Gasteiger partial charge in [-0.3, -0.25) is 4.79 Å². The Morgan fingerprint density at radius 1 is 1.11 bits per heavy atom. The van der Waals surface area contributed by atoms with Crippen LogP contribution >= 0.6 is 0 Å². The van der Waals surface area contributed by atoms with Gasteiger partial charge in [0.05, 0.1) is 0 Å². The van der Waals surface area contributed by atoms with Crippen molar-refractivity contribution >= 4 is 11.7 Å². The first-order valence-corrected chi connectivity index (χ1v) is 6.65. The summed E-state index contributed by atoms with van der Waals surface area (Å²) < 4.78 is 5.28. The minimum absolute atomic E-state index is 0.0392. The van der Waals surface area contributed by atoms with Crippen LogP contribution in [0.3, 0.4) is 0 Å². The molecule has 0 saturated heterocycles. The van der Waals surface area contributed by atoms with Crippen molar-refractivity contribution in [2.24, 2.45) is 0 Å². The highest BCUT2D eigenvalue weighted by Gasteiger charge is 2.19. The molecule has 106 valence electrons. The van der Waals surface area contributed by atoms with E-state index in [4.69, 9.17) is 4.74 Å². The van der Waals surface area contributed by atoms with E-state index in [1.54, 1.807) is 0 Å². The number of benzene rings is 1. The van der Waals surface area contributed by atoms with Crippen LogP contribution in [0.15, 0.2) is 24.3 Å². The molecule has 1 N–H and O–H groups in total. The molecule has 19 heavy (non-hydrogen) atoms. The monoisotopic (exact) mass is 263 g/mol. The Bertz CT molecular complexity index is 439. The largest absolute Gasteiger partial charge is 0.459 e. The zero-order chi connectivity index (χ0) is 14.7. The predicted molar refractivity (Wildman–Crippen MR) is 79.5 cm³/mol. The molecular formula is C16H25NO2. The van der Waals surface area contributed by atoms with Gasteiger partial charge in [-0.1, -0.05) is 39.0 Å². The Balaban J connectivity index is 2.71. The lowest BCUT2D eigenvalue weighted by molar-refractivity contribution is -0.152. The lowest BCUT2D eigenvalue weighted by Gasteiger charge is -2.24. The van der Waals surface area contributed by atoms with Crippen molar-refractivity contribution in [2.45, 2.75) is 52.6 Å². The van der Waals surface area contributed by atoms with Gasteiger partial charge in [0, 0.05) is 5.69 Å². The molecule has 1 aromatic carbocycles. The molecule has 0 aliphatic heterocycles. The summed E-state index contributed by atoms with van der Waals surface area (Å²) in [6, 6.07) is 8.05. The number of rotatable bonds is 3. The number of carbonyl (C=O) groups excluding carboxylic acids is 1. The first kappa shape index (κ1) is 15.5. The lowest BCUT2D eigenvalue weighted by Crippen LogP contribution is -2.28. The molecule has 3 heteroatoms. The standard InChI is InChI=1S/C16H25NO2/c1-15(2,3)12-9-7-8-10-13(12)17-11-14(18)19-16(4,5)6/h7-10,17H,11H2,1-6H3. The number of hydrogen-bond acceptors (Lipinski definition) is 3. The molecule has 0 radical (unpaired) electrons. The average molecular weight is 263 g/mol. The van der Waals surface area contributed by atoms with Crippen LogP contribution in [-0.2, 0) is 14.9 Å². The van der Waals surface area contributed by atoms with E-state index < -0.39 is 5.60 Å². The zero-order valence-electron chi connectivity index (χ0n) is 12.8. The van der Waals surface area contributed by atoms with Gasteiger partial charge in [-0.15, -0.1) is 0 Å². The number of esters is 1. The highest BCUT2D eigenvalue weighted by atomic mass is 16.6. The SMILES string of the molecule is CC(C)(C)OC(=O)CNc1ccccc1C(C)(C)C. The highest BCUT2D eigenvalue weighted by Crippen LogP contribution is 2.29. The molecule has 1 aromatic rings. The van der Waals surface area contributed by atoms with Crippen LogP contribution in [0.2, 0.25) is 0 Å². The third-order valence-electron chi connectivity index (χ3n) is 2.58. The van der Waals surface area contributed by atoms with Crippen LogP contribution in [0.5, 0.6) is 0 Å². The smallest absolute Gasteiger partial charge is 0.325 e. The van der Waals surface area contributed by atoms with Gasteiger partial charge in [-0.2, -0.15) is 0 Å². The highest BCUT2D eigenvalue weighted by molar-refractivity contribution is 5.76. The van der Waals surface area contributed by atoms with E-state index in [0.717, 1.165) is 5.69 Å². The van der Waals surface area contributed by atoms with Crippen LogP contribution in [0.25, 0.3) is 0 Å². The van der Waals surface area contributed by atoms with E-state index in [2.05, 4.69) is 32.2 Å². The second-order valence-electron chi connectivity index (χ2n) is 6.74. The number of carbonyl (C=O) groups is 1. The van der Waals surface area contributed by atoms with Crippen molar-refractivity contribution in [3.05, 3.63) is 29.8 Å². The van der Waals surface area contributed by atoms with E-state index in [9.17, 15) is 4.79 Å². The van der Waals surface area contributed by atoms with Crippen LogP contribution in [-0.4, -0.2) is 18.1 Å². The molecule has 0 saturated carbocycles. The Labute approximate surface area is 116 Å². The Kier molecular flexibility index (Phi) is 4.61. The second-order valence-corrected chi connectivity index (χ2v) is 6.74. The van der Waals surface area contributed by atoms with E-state index in [0.29, 0.717) is 0 Å². The first-order valence-electron chi connectivity index (χ1n) is 6.65. The number of para-hydroxylation sites is 1. The third kappa shape index (κ3) is 5.33. The minimum atomic E-state index is -0.442. The molecule has 0 unspecified atom stereocenters. The van der Waals surface area contributed by atoms with Crippen LogP contribution in [0.1, 0.15) is 47.1 Å². The summed E-state index contributed by atoms with van der Waals surface area (Å²) in [5, 5.41) is 3.17. The Hall–Kier alpha value is -1.51. The fourth-order valence-corrected chi connectivity index (χ4v) is 1.84. The molecule has 3 nitrogen and oxygen atoms in total. The van der Waals surface area contributed by atoms with Crippen molar-refractivity contribution in [3.8, 4) is 0 Å². The number of ether oxygens (including phenoxy) is 1. The topological polar surface area (TPSA) is 38.3 Å². The van der Waals surface area contributed by atoms with Crippen molar-refractivity contribution in [1.29, 1.82) is 0 Å². The Morgan fingerprint density at radius 3 is 2.21 bits per heavy atom. The van der Waals surface area contributed by atoms with Gasteiger partial charge in [0.15, 0.2) is 0 Å². The third-order valence-corrected chi connectivity index (χ3v) is 2.58. The fraction of sp³-hybridized carbons (Fsp3) is 0.562. The molecule has 0 atom stereocenters. The molecule has 0 amide bonds. The predicted octanol–water partition coefficient (Wildman–Crippen LogP) is 3.74. The molecule has 0 bridgehead atoms. The van der Waals surface area contributed by atoms with Crippen molar-refractivity contribution < 1.29 is 9.53 Å². The summed E-state index contributed by atoms with van der Waals surface area (Å²) in [6.07, 6.45) is 0. The van der Waals surface area contributed by atoms with Crippen molar-refractivity contribution in [1.82, 2.24) is 0 Å². The first-order chi connectivity index (χ1) is 8.59. The normalized spacial score (nSPS) is 12.1. The molecule has 0 aromatic heterocycles. The molecule has 0 aliphatic rings. The zero-order valence-corrected chi connectivity index (χ0v) is 12.8. The number of nitrogens with one attached hydrogen (secondary N) is 1. The minimum Gasteiger partial charge on any atom is -0.459 e. The lowest BCUT2D eigenvalue weighted by atomic mass is 9.86. The second kappa shape index (κ2) is 5.64. The maximum absolute atomic E-state index is 11.7. The molecule has 0 aliphatic carbocycles. The van der Waals surface area contributed by atoms with E-state index >= 15 is 0 Å². The summed E-state index contributed by atoms with van der Waals surface area (Å²) in [7, 11) is 0. The van der Waals surface area contributed by atoms with Gasteiger partial charge in [0.2, 0.25) is 0 Å². The fourth-order valence-electron chi connectivity index (χ4n) is 1.84. The molecule has 0 heterocycles. The number of anilines is 1. The summed E-state index contributed by atoms with van der Waals surface area (Å²) in [5.74, 6) is -0.240. The summed E-state index contributed by atoms with van der Waals surface area (Å²) in [4.78, 5) is 11.7. The summed E-state index contributed by atoms with van der Waals surface area (Å²) in [5.41, 5.74) is 1.78. The van der Waals surface area contributed by atoms with Crippen molar-refractivity contribution in [3.63, 3.8) is 0 Å². The molecule has 0 fully saturated rings. The quantitative estimate of drug-likeness (QED) is 0.844. The van der Waals surface area contributed by atoms with E-state index in [-0.39, 0.29) is 17.9 Å². The van der Waals surface area contributed by atoms with Gasteiger partial charge in [-0.05, 0) is 37.8 Å². The van der Waals surface area contributed by atoms with Gasteiger partial charge in [-0.25, -0.2) is 0 Å². The van der Waals surface area contributed by atoms with Gasteiger partial charge in [0.25, 0.3) is 0 Å². The van der Waals surface area contributed by atoms with E-state index in [1.165, 1.54) is 5.56 Å². The maximum atomic E-state index is 11.7.